The van der Waals surface area contributed by atoms with Gasteiger partial charge in [0.25, 0.3) is 0 Å². The molecule has 1 amide bonds. The van der Waals surface area contributed by atoms with Crippen molar-refractivity contribution in [2.75, 3.05) is 18.4 Å². The van der Waals surface area contributed by atoms with E-state index in [9.17, 15) is 13.6 Å². The largest absolute Gasteiger partial charge is 0.455 e. The third-order valence-corrected chi connectivity index (χ3v) is 3.88. The summed E-state index contributed by atoms with van der Waals surface area (Å²) < 4.78 is 32.1. The molecule has 1 saturated heterocycles. The van der Waals surface area contributed by atoms with Crippen LogP contribution in [-0.2, 0) is 4.79 Å². The number of anilines is 1. The maximum atomic E-state index is 13.3. The van der Waals surface area contributed by atoms with Gasteiger partial charge >= 0.3 is 0 Å². The first-order valence-electron chi connectivity index (χ1n) is 7.86. The number of carbonyl (C=O) groups is 1. The molecule has 1 heterocycles. The van der Waals surface area contributed by atoms with Gasteiger partial charge in [0.05, 0.1) is 11.6 Å². The number of nitrogens with one attached hydrogen (secondary N) is 2. The van der Waals surface area contributed by atoms with Gasteiger partial charge in [0.1, 0.15) is 17.4 Å². The molecule has 0 aromatic heterocycles. The Bertz CT molecular complexity index is 710. The van der Waals surface area contributed by atoms with Crippen LogP contribution < -0.4 is 15.4 Å². The van der Waals surface area contributed by atoms with E-state index in [0.29, 0.717) is 18.0 Å². The number of rotatable bonds is 4. The molecule has 24 heavy (non-hydrogen) atoms. The van der Waals surface area contributed by atoms with Crippen molar-refractivity contribution in [1.82, 2.24) is 5.32 Å². The fraction of sp³-hybridized carbons (Fsp3) is 0.278. The van der Waals surface area contributed by atoms with Crippen molar-refractivity contribution in [3.05, 3.63) is 54.1 Å². The fourth-order valence-electron chi connectivity index (χ4n) is 2.68. The summed E-state index contributed by atoms with van der Waals surface area (Å²) >= 11 is 0. The van der Waals surface area contributed by atoms with Crippen molar-refractivity contribution >= 4 is 11.6 Å². The monoisotopic (exact) mass is 332 g/mol. The zero-order chi connectivity index (χ0) is 16.9. The van der Waals surface area contributed by atoms with Gasteiger partial charge in [0, 0.05) is 24.7 Å². The van der Waals surface area contributed by atoms with E-state index >= 15 is 0 Å². The lowest BCUT2D eigenvalue weighted by atomic mass is 9.99. The minimum atomic E-state index is -0.722. The molecule has 3 rings (SSSR count). The van der Waals surface area contributed by atoms with Crippen LogP contribution in [0.15, 0.2) is 42.5 Å². The van der Waals surface area contributed by atoms with E-state index in [1.807, 2.05) is 0 Å². The second-order valence-corrected chi connectivity index (χ2v) is 5.74. The van der Waals surface area contributed by atoms with Gasteiger partial charge in [-0.15, -0.1) is 0 Å². The van der Waals surface area contributed by atoms with Gasteiger partial charge in [-0.2, -0.15) is 0 Å². The summed E-state index contributed by atoms with van der Waals surface area (Å²) in [6.45, 7) is 1.57. The van der Waals surface area contributed by atoms with Gasteiger partial charge in [-0.05, 0) is 31.5 Å². The summed E-state index contributed by atoms with van der Waals surface area (Å²) in [6, 6.07) is 9.77. The smallest absolute Gasteiger partial charge is 0.228 e. The highest BCUT2D eigenvalue weighted by molar-refractivity contribution is 5.94. The number of halogens is 2. The summed E-state index contributed by atoms with van der Waals surface area (Å²) in [7, 11) is 0. The van der Waals surface area contributed by atoms with Gasteiger partial charge in [-0.3, -0.25) is 4.79 Å². The number of hydrogen-bond donors (Lipinski definition) is 2. The maximum absolute atomic E-state index is 13.3. The van der Waals surface area contributed by atoms with Crippen LogP contribution in [0.2, 0.25) is 0 Å². The summed E-state index contributed by atoms with van der Waals surface area (Å²) in [5, 5.41) is 6.03. The Morgan fingerprint density at radius 3 is 2.62 bits per heavy atom. The lowest BCUT2D eigenvalue weighted by molar-refractivity contribution is -0.120. The quantitative estimate of drug-likeness (QED) is 0.898. The molecule has 2 N–H and O–H groups in total. The number of amides is 1. The van der Waals surface area contributed by atoms with Crippen molar-refractivity contribution in [1.29, 1.82) is 0 Å². The van der Waals surface area contributed by atoms with Crippen molar-refractivity contribution in [2.24, 2.45) is 5.92 Å². The molecule has 2 aromatic rings. The van der Waals surface area contributed by atoms with E-state index in [2.05, 4.69) is 10.6 Å². The number of ether oxygens (including phenoxy) is 1. The second kappa shape index (κ2) is 7.40. The van der Waals surface area contributed by atoms with E-state index in [4.69, 9.17) is 4.74 Å². The Morgan fingerprint density at radius 1 is 1.17 bits per heavy atom. The van der Waals surface area contributed by atoms with E-state index in [1.54, 1.807) is 24.3 Å². The van der Waals surface area contributed by atoms with Gasteiger partial charge in [0.15, 0.2) is 5.75 Å². The molecule has 4 nitrogen and oxygen atoms in total. The third-order valence-electron chi connectivity index (χ3n) is 3.88. The van der Waals surface area contributed by atoms with E-state index in [-0.39, 0.29) is 17.6 Å². The van der Waals surface area contributed by atoms with Crippen LogP contribution in [0.25, 0.3) is 0 Å². The highest BCUT2D eigenvalue weighted by Gasteiger charge is 2.21. The molecule has 0 spiro atoms. The second-order valence-electron chi connectivity index (χ2n) is 5.74. The van der Waals surface area contributed by atoms with Crippen LogP contribution >= 0.6 is 0 Å². The molecule has 1 atom stereocenters. The molecule has 6 heteroatoms. The van der Waals surface area contributed by atoms with Gasteiger partial charge in [-0.25, -0.2) is 8.78 Å². The van der Waals surface area contributed by atoms with E-state index in [0.717, 1.165) is 37.6 Å². The summed E-state index contributed by atoms with van der Waals surface area (Å²) in [4.78, 5) is 12.4. The first kappa shape index (κ1) is 16.4. The fourth-order valence-corrected chi connectivity index (χ4v) is 2.68. The topological polar surface area (TPSA) is 50.4 Å². The van der Waals surface area contributed by atoms with E-state index < -0.39 is 11.6 Å². The molecule has 1 unspecified atom stereocenters. The van der Waals surface area contributed by atoms with Crippen molar-refractivity contribution in [3.8, 4) is 11.5 Å². The molecule has 2 aromatic carbocycles. The molecule has 0 radical (unpaired) electrons. The van der Waals surface area contributed by atoms with Crippen LogP contribution in [0.4, 0.5) is 14.5 Å². The number of para-hydroxylation sites is 2. The van der Waals surface area contributed by atoms with Crippen LogP contribution in [0.5, 0.6) is 11.5 Å². The Balaban J connectivity index is 1.76. The molecule has 0 bridgehead atoms. The Morgan fingerprint density at radius 2 is 1.92 bits per heavy atom. The Kier molecular flexibility index (Phi) is 5.05. The molecule has 1 fully saturated rings. The lowest BCUT2D eigenvalue weighted by Crippen LogP contribution is -2.37. The SMILES string of the molecule is O=C(Nc1ccccc1Oc1cc(F)cc(F)c1)C1CCCNC1. The van der Waals surface area contributed by atoms with E-state index in [1.165, 1.54) is 0 Å². The van der Waals surface area contributed by atoms with Gasteiger partial charge < -0.3 is 15.4 Å². The third kappa shape index (κ3) is 4.08. The summed E-state index contributed by atoms with van der Waals surface area (Å²) in [5.74, 6) is -1.27. The predicted molar refractivity (Wildman–Crippen MR) is 87.1 cm³/mol. The first-order valence-corrected chi connectivity index (χ1v) is 7.86. The summed E-state index contributed by atoms with van der Waals surface area (Å²) in [6.07, 6.45) is 1.79. The minimum Gasteiger partial charge on any atom is -0.455 e. The highest BCUT2D eigenvalue weighted by Crippen LogP contribution is 2.30. The molecule has 126 valence electrons. The molecular weight excluding hydrogens is 314 g/mol. The number of carbonyl (C=O) groups excluding carboxylic acids is 1. The zero-order valence-corrected chi connectivity index (χ0v) is 13.0. The average molecular weight is 332 g/mol. The van der Waals surface area contributed by atoms with Gasteiger partial charge in [0.2, 0.25) is 5.91 Å². The molecule has 1 aliphatic rings. The van der Waals surface area contributed by atoms with Crippen molar-refractivity contribution in [3.63, 3.8) is 0 Å². The van der Waals surface area contributed by atoms with Crippen LogP contribution in [0.3, 0.4) is 0 Å². The molecule has 0 aliphatic carbocycles. The average Bonchev–Trinajstić information content (AvgIpc) is 2.56. The molecular formula is C18H18F2N2O2. The van der Waals surface area contributed by atoms with Gasteiger partial charge in [-0.1, -0.05) is 12.1 Å². The normalized spacial score (nSPS) is 17.3. The van der Waals surface area contributed by atoms with Crippen LogP contribution in [0.1, 0.15) is 12.8 Å². The molecule has 0 saturated carbocycles. The number of piperidine rings is 1. The summed E-state index contributed by atoms with van der Waals surface area (Å²) in [5.41, 5.74) is 0.470. The highest BCUT2D eigenvalue weighted by atomic mass is 19.1. The van der Waals surface area contributed by atoms with Crippen molar-refractivity contribution < 1.29 is 18.3 Å². The van der Waals surface area contributed by atoms with Crippen LogP contribution in [0, 0.1) is 17.6 Å². The molecule has 1 aliphatic heterocycles. The number of hydrogen-bond acceptors (Lipinski definition) is 3. The van der Waals surface area contributed by atoms with Crippen LogP contribution in [-0.4, -0.2) is 19.0 Å². The Hall–Kier alpha value is -2.47. The first-order chi connectivity index (χ1) is 11.6. The standard InChI is InChI=1S/C18H18F2N2O2/c19-13-8-14(20)10-15(9-13)24-17-6-2-1-5-16(17)22-18(23)12-4-3-7-21-11-12/h1-2,5-6,8-10,12,21H,3-4,7,11H2,(H,22,23). The maximum Gasteiger partial charge on any atom is 0.228 e. The lowest BCUT2D eigenvalue weighted by Gasteiger charge is -2.22. The van der Waals surface area contributed by atoms with Crippen molar-refractivity contribution in [2.45, 2.75) is 12.8 Å². The Labute approximate surface area is 138 Å². The number of benzene rings is 2. The zero-order valence-electron chi connectivity index (χ0n) is 13.0. The predicted octanol–water partition coefficient (Wildman–Crippen LogP) is 3.70. The minimum absolute atomic E-state index is 0.0357.